The highest BCUT2D eigenvalue weighted by Gasteiger charge is 2.37. The Hall–Kier alpha value is -1.06. The van der Waals surface area contributed by atoms with Gasteiger partial charge in [0.1, 0.15) is 5.60 Å². The van der Waals surface area contributed by atoms with Crippen LogP contribution >= 0.6 is 0 Å². The van der Waals surface area contributed by atoms with E-state index in [9.17, 15) is 9.59 Å². The summed E-state index contributed by atoms with van der Waals surface area (Å²) in [5.74, 6) is 0.333. The van der Waals surface area contributed by atoms with Crippen LogP contribution in [-0.2, 0) is 9.53 Å². The molecule has 0 saturated heterocycles. The summed E-state index contributed by atoms with van der Waals surface area (Å²) in [5.41, 5.74) is -0.521. The zero-order valence-corrected chi connectivity index (χ0v) is 11.4. The largest absolute Gasteiger partial charge is 0.444 e. The normalized spacial score (nSPS) is 17.5. The predicted molar refractivity (Wildman–Crippen MR) is 65.8 cm³/mol. The number of Topliss-reactive ketones (excluding diaryl/α,β-unsaturated/α-hetero) is 1. The Morgan fingerprint density at radius 2 is 1.88 bits per heavy atom. The summed E-state index contributed by atoms with van der Waals surface area (Å²) >= 11 is 0. The molecule has 4 heteroatoms. The van der Waals surface area contributed by atoms with Crippen molar-refractivity contribution in [3.05, 3.63) is 0 Å². The van der Waals surface area contributed by atoms with Crippen molar-refractivity contribution in [2.75, 3.05) is 6.54 Å². The van der Waals surface area contributed by atoms with Gasteiger partial charge in [-0.1, -0.05) is 0 Å². The molecule has 1 fully saturated rings. The summed E-state index contributed by atoms with van der Waals surface area (Å²) in [5, 5.41) is 0. The van der Waals surface area contributed by atoms with Crippen LogP contribution in [0.2, 0.25) is 0 Å². The molecule has 98 valence electrons. The highest BCUT2D eigenvalue weighted by Crippen LogP contribution is 2.32. The van der Waals surface area contributed by atoms with Gasteiger partial charge in [0.05, 0.1) is 6.04 Å². The van der Waals surface area contributed by atoms with Crippen LogP contribution in [0.5, 0.6) is 0 Å². The molecule has 1 saturated carbocycles. The SMILES string of the molecule is CCN(C(=O)OC(C)(C)C)C(C)C(=O)C1CC1. The molecule has 1 unspecified atom stereocenters. The van der Waals surface area contributed by atoms with E-state index in [1.807, 2.05) is 27.7 Å². The van der Waals surface area contributed by atoms with Crippen LogP contribution in [0.4, 0.5) is 4.79 Å². The number of nitrogens with zero attached hydrogens (tertiary/aromatic N) is 1. The molecule has 1 aliphatic carbocycles. The molecule has 1 atom stereocenters. The van der Waals surface area contributed by atoms with Gasteiger partial charge in [-0.3, -0.25) is 9.69 Å². The zero-order valence-electron chi connectivity index (χ0n) is 11.4. The molecule has 17 heavy (non-hydrogen) atoms. The van der Waals surface area contributed by atoms with Gasteiger partial charge < -0.3 is 4.74 Å². The minimum Gasteiger partial charge on any atom is -0.444 e. The van der Waals surface area contributed by atoms with E-state index in [1.54, 1.807) is 6.92 Å². The molecule has 1 aliphatic rings. The van der Waals surface area contributed by atoms with Crippen LogP contribution in [0.1, 0.15) is 47.5 Å². The minimum atomic E-state index is -0.521. The summed E-state index contributed by atoms with van der Waals surface area (Å²) in [6.45, 7) is 9.62. The fourth-order valence-corrected chi connectivity index (χ4v) is 1.74. The average Bonchev–Trinajstić information content (AvgIpc) is 2.97. The van der Waals surface area contributed by atoms with E-state index >= 15 is 0 Å². The molecule has 0 aromatic carbocycles. The van der Waals surface area contributed by atoms with Gasteiger partial charge >= 0.3 is 6.09 Å². The molecule has 0 N–H and O–H groups in total. The minimum absolute atomic E-state index is 0.165. The number of rotatable bonds is 4. The second kappa shape index (κ2) is 5.07. The third-order valence-corrected chi connectivity index (χ3v) is 2.83. The lowest BCUT2D eigenvalue weighted by Gasteiger charge is -2.30. The molecule has 0 aromatic heterocycles. The van der Waals surface area contributed by atoms with Gasteiger partial charge in [-0.05, 0) is 47.5 Å². The molecular weight excluding hydrogens is 218 g/mol. The lowest BCUT2D eigenvalue weighted by atomic mass is 10.1. The van der Waals surface area contributed by atoms with Crippen molar-refractivity contribution in [3.8, 4) is 0 Å². The topological polar surface area (TPSA) is 46.6 Å². The van der Waals surface area contributed by atoms with E-state index < -0.39 is 11.7 Å². The van der Waals surface area contributed by atoms with E-state index in [0.29, 0.717) is 6.54 Å². The predicted octanol–water partition coefficient (Wildman–Crippen LogP) is 2.61. The molecule has 0 heterocycles. The zero-order chi connectivity index (χ0) is 13.2. The number of hydrogen-bond acceptors (Lipinski definition) is 3. The molecule has 1 amide bonds. The van der Waals surface area contributed by atoms with Crippen molar-refractivity contribution in [1.82, 2.24) is 4.90 Å². The van der Waals surface area contributed by atoms with E-state index in [-0.39, 0.29) is 17.7 Å². The summed E-state index contributed by atoms with van der Waals surface area (Å²) in [6, 6.07) is -0.373. The van der Waals surface area contributed by atoms with E-state index in [1.165, 1.54) is 4.90 Å². The Morgan fingerprint density at radius 1 is 1.35 bits per heavy atom. The summed E-state index contributed by atoms with van der Waals surface area (Å²) in [6.07, 6.45) is 1.53. The van der Waals surface area contributed by atoms with Crippen molar-refractivity contribution in [3.63, 3.8) is 0 Å². The molecule has 0 radical (unpaired) electrons. The Kier molecular flexibility index (Phi) is 4.17. The second-order valence-electron chi connectivity index (χ2n) is 5.62. The van der Waals surface area contributed by atoms with Gasteiger partial charge in [-0.15, -0.1) is 0 Å². The summed E-state index contributed by atoms with van der Waals surface area (Å²) < 4.78 is 5.30. The lowest BCUT2D eigenvalue weighted by Crippen LogP contribution is -2.46. The first-order valence-corrected chi connectivity index (χ1v) is 6.29. The number of carbonyl (C=O) groups excluding carboxylic acids is 2. The summed E-state index contributed by atoms with van der Waals surface area (Å²) in [4.78, 5) is 25.4. The van der Waals surface area contributed by atoms with Crippen molar-refractivity contribution in [2.45, 2.75) is 59.1 Å². The van der Waals surface area contributed by atoms with Crippen LogP contribution in [0, 0.1) is 5.92 Å². The first kappa shape index (κ1) is 14.0. The maximum Gasteiger partial charge on any atom is 0.410 e. The Morgan fingerprint density at radius 3 is 2.24 bits per heavy atom. The highest BCUT2D eigenvalue weighted by atomic mass is 16.6. The monoisotopic (exact) mass is 241 g/mol. The standard InChI is InChI=1S/C13H23NO3/c1-6-14(12(16)17-13(3,4)5)9(2)11(15)10-7-8-10/h9-10H,6-8H2,1-5H3. The van der Waals surface area contributed by atoms with Gasteiger partial charge in [0, 0.05) is 12.5 Å². The molecule has 0 aromatic rings. The van der Waals surface area contributed by atoms with Crippen LogP contribution in [0.15, 0.2) is 0 Å². The molecule has 4 nitrogen and oxygen atoms in total. The average molecular weight is 241 g/mol. The number of likely N-dealkylation sites (N-methyl/N-ethyl adjacent to an activating group) is 1. The summed E-state index contributed by atoms with van der Waals surface area (Å²) in [7, 11) is 0. The Bertz CT molecular complexity index is 302. The molecule has 0 aliphatic heterocycles. The van der Waals surface area contributed by atoms with Gasteiger partial charge in [0.15, 0.2) is 5.78 Å². The molecular formula is C13H23NO3. The van der Waals surface area contributed by atoms with Crippen LogP contribution in [0.3, 0.4) is 0 Å². The van der Waals surface area contributed by atoms with Crippen LogP contribution in [0.25, 0.3) is 0 Å². The third-order valence-electron chi connectivity index (χ3n) is 2.83. The highest BCUT2D eigenvalue weighted by molar-refractivity contribution is 5.90. The number of hydrogen-bond donors (Lipinski definition) is 0. The van der Waals surface area contributed by atoms with Gasteiger partial charge in [0.2, 0.25) is 0 Å². The first-order valence-electron chi connectivity index (χ1n) is 6.29. The third kappa shape index (κ3) is 4.02. The lowest BCUT2D eigenvalue weighted by molar-refractivity contribution is -0.124. The maximum absolute atomic E-state index is 11.9. The Labute approximate surface area is 103 Å². The fraction of sp³-hybridized carbons (Fsp3) is 0.846. The van der Waals surface area contributed by atoms with E-state index in [0.717, 1.165) is 12.8 Å². The van der Waals surface area contributed by atoms with E-state index in [2.05, 4.69) is 0 Å². The van der Waals surface area contributed by atoms with Crippen molar-refractivity contribution in [2.24, 2.45) is 5.92 Å². The van der Waals surface area contributed by atoms with Crippen molar-refractivity contribution < 1.29 is 14.3 Å². The number of carbonyl (C=O) groups is 2. The fourth-order valence-electron chi connectivity index (χ4n) is 1.74. The quantitative estimate of drug-likeness (QED) is 0.760. The van der Waals surface area contributed by atoms with Crippen molar-refractivity contribution >= 4 is 11.9 Å². The smallest absolute Gasteiger partial charge is 0.410 e. The number of ketones is 1. The molecule has 0 bridgehead atoms. The van der Waals surface area contributed by atoms with Crippen LogP contribution < -0.4 is 0 Å². The molecule has 1 rings (SSSR count). The van der Waals surface area contributed by atoms with Gasteiger partial charge in [0.25, 0.3) is 0 Å². The van der Waals surface area contributed by atoms with Crippen LogP contribution in [-0.4, -0.2) is 35.0 Å². The van der Waals surface area contributed by atoms with Crippen molar-refractivity contribution in [1.29, 1.82) is 0 Å². The first-order chi connectivity index (χ1) is 7.76. The van der Waals surface area contributed by atoms with E-state index in [4.69, 9.17) is 4.74 Å². The second-order valence-corrected chi connectivity index (χ2v) is 5.62. The maximum atomic E-state index is 11.9. The van der Waals surface area contributed by atoms with Gasteiger partial charge in [-0.2, -0.15) is 0 Å². The number of ether oxygens (including phenoxy) is 1. The Balaban J connectivity index is 2.62. The number of amides is 1. The molecule has 0 spiro atoms. The van der Waals surface area contributed by atoms with Gasteiger partial charge in [-0.25, -0.2) is 4.79 Å².